The van der Waals surface area contributed by atoms with E-state index in [1.54, 1.807) is 6.07 Å². The predicted octanol–water partition coefficient (Wildman–Crippen LogP) is 3.63. The van der Waals surface area contributed by atoms with Crippen molar-refractivity contribution in [2.45, 2.75) is 38.3 Å². The number of carbonyl (C=O) groups excluding carboxylic acids is 1. The van der Waals surface area contributed by atoms with Gasteiger partial charge in [-0.1, -0.05) is 24.3 Å². The second-order valence-electron chi connectivity index (χ2n) is 6.50. The quantitative estimate of drug-likeness (QED) is 0.785. The zero-order valence-corrected chi connectivity index (χ0v) is 14.7. The van der Waals surface area contributed by atoms with Gasteiger partial charge in [0, 0.05) is 19.6 Å². The van der Waals surface area contributed by atoms with Crippen LogP contribution in [0.1, 0.15) is 30.4 Å². The fraction of sp³-hybridized carbons (Fsp3) is 0.381. The molecule has 1 aliphatic heterocycles. The third kappa shape index (κ3) is 5.85. The van der Waals surface area contributed by atoms with E-state index in [-0.39, 0.29) is 17.8 Å². The summed E-state index contributed by atoms with van der Waals surface area (Å²) in [6, 6.07) is 14.0. The Morgan fingerprint density at radius 1 is 1.19 bits per heavy atom. The van der Waals surface area contributed by atoms with Crippen molar-refractivity contribution in [3.05, 3.63) is 65.5 Å². The number of amides is 1. The Labute approximate surface area is 153 Å². The Balaban J connectivity index is 1.37. The topological polar surface area (TPSA) is 47.6 Å². The molecule has 2 aromatic rings. The molecule has 4 nitrogen and oxygen atoms in total. The van der Waals surface area contributed by atoms with Gasteiger partial charge in [-0.2, -0.15) is 0 Å². The van der Waals surface area contributed by atoms with Gasteiger partial charge in [-0.3, -0.25) is 4.79 Å². The Morgan fingerprint density at radius 2 is 2.04 bits per heavy atom. The molecule has 5 heteroatoms. The maximum Gasteiger partial charge on any atom is 0.220 e. The Hall–Kier alpha value is -2.40. The number of nitrogens with one attached hydrogen (secondary N) is 1. The van der Waals surface area contributed by atoms with Crippen LogP contribution >= 0.6 is 0 Å². The molecule has 0 unspecified atom stereocenters. The minimum atomic E-state index is -0.273. The molecule has 1 saturated heterocycles. The number of ether oxygens (including phenoxy) is 2. The highest BCUT2D eigenvalue weighted by atomic mass is 19.1. The molecule has 0 aromatic heterocycles. The van der Waals surface area contributed by atoms with Crippen LogP contribution in [0.25, 0.3) is 0 Å². The maximum atomic E-state index is 13.1. The monoisotopic (exact) mass is 357 g/mol. The molecule has 1 aliphatic rings. The maximum absolute atomic E-state index is 13.1. The zero-order valence-electron chi connectivity index (χ0n) is 14.7. The summed E-state index contributed by atoms with van der Waals surface area (Å²) in [7, 11) is 0. The van der Waals surface area contributed by atoms with Crippen LogP contribution in [0, 0.1) is 5.82 Å². The van der Waals surface area contributed by atoms with E-state index in [9.17, 15) is 9.18 Å². The van der Waals surface area contributed by atoms with Crippen LogP contribution in [-0.4, -0.2) is 25.2 Å². The number of rotatable bonds is 8. The van der Waals surface area contributed by atoms with Gasteiger partial charge in [0.1, 0.15) is 18.2 Å². The van der Waals surface area contributed by atoms with Crippen LogP contribution in [0.3, 0.4) is 0 Å². The molecule has 1 fully saturated rings. The molecular weight excluding hydrogens is 333 g/mol. The second kappa shape index (κ2) is 9.34. The van der Waals surface area contributed by atoms with Gasteiger partial charge in [-0.05, 0) is 54.7 Å². The third-order valence-electron chi connectivity index (χ3n) is 4.40. The lowest BCUT2D eigenvalue weighted by atomic mass is 10.1. The average molecular weight is 357 g/mol. The summed E-state index contributed by atoms with van der Waals surface area (Å²) in [6.07, 6.45) is 3.23. The fourth-order valence-corrected chi connectivity index (χ4v) is 2.91. The van der Waals surface area contributed by atoms with Gasteiger partial charge in [0.25, 0.3) is 0 Å². The van der Waals surface area contributed by atoms with Gasteiger partial charge in [-0.25, -0.2) is 4.39 Å². The van der Waals surface area contributed by atoms with Crippen LogP contribution in [0.2, 0.25) is 0 Å². The van der Waals surface area contributed by atoms with Gasteiger partial charge in [0.05, 0.1) is 6.10 Å². The summed E-state index contributed by atoms with van der Waals surface area (Å²) in [6.45, 7) is 1.87. The Morgan fingerprint density at radius 3 is 2.77 bits per heavy atom. The fourth-order valence-electron chi connectivity index (χ4n) is 2.91. The van der Waals surface area contributed by atoms with E-state index in [4.69, 9.17) is 9.47 Å². The Kier molecular flexibility index (Phi) is 6.61. The summed E-state index contributed by atoms with van der Waals surface area (Å²) >= 11 is 0. The molecule has 3 rings (SSSR count). The first kappa shape index (κ1) is 18.4. The van der Waals surface area contributed by atoms with E-state index in [1.165, 1.54) is 12.1 Å². The molecule has 2 aromatic carbocycles. The van der Waals surface area contributed by atoms with Crippen LogP contribution in [0.15, 0.2) is 48.5 Å². The normalized spacial score (nSPS) is 16.4. The van der Waals surface area contributed by atoms with E-state index in [0.717, 1.165) is 36.3 Å². The molecule has 138 valence electrons. The number of hydrogen-bond donors (Lipinski definition) is 1. The van der Waals surface area contributed by atoms with Crippen molar-refractivity contribution in [3.8, 4) is 5.75 Å². The van der Waals surface area contributed by atoms with Crippen molar-refractivity contribution < 1.29 is 18.7 Å². The highest BCUT2D eigenvalue weighted by Crippen LogP contribution is 2.16. The van der Waals surface area contributed by atoms with Crippen molar-refractivity contribution in [2.24, 2.45) is 0 Å². The highest BCUT2D eigenvalue weighted by Gasteiger charge is 2.15. The number of carbonyl (C=O) groups is 1. The van der Waals surface area contributed by atoms with E-state index in [1.807, 2.05) is 30.3 Å². The number of benzene rings is 2. The first-order valence-corrected chi connectivity index (χ1v) is 9.03. The van der Waals surface area contributed by atoms with Crippen LogP contribution in [0.5, 0.6) is 5.75 Å². The molecule has 1 atom stereocenters. The first-order chi connectivity index (χ1) is 12.7. The SMILES string of the molecule is O=C(CCc1cccc(F)c1)NCc1ccc(OC[C@H]2CCCO2)cc1. The Bertz CT molecular complexity index is 711. The largest absolute Gasteiger partial charge is 0.491 e. The van der Waals surface area contributed by atoms with Crippen LogP contribution in [-0.2, 0) is 22.5 Å². The van der Waals surface area contributed by atoms with Crippen molar-refractivity contribution in [3.63, 3.8) is 0 Å². The smallest absolute Gasteiger partial charge is 0.220 e. The molecule has 0 bridgehead atoms. The third-order valence-corrected chi connectivity index (χ3v) is 4.40. The molecule has 0 aliphatic carbocycles. The lowest BCUT2D eigenvalue weighted by Gasteiger charge is -2.12. The lowest BCUT2D eigenvalue weighted by molar-refractivity contribution is -0.121. The van der Waals surface area contributed by atoms with Gasteiger partial charge in [0.15, 0.2) is 0 Å². The van der Waals surface area contributed by atoms with Gasteiger partial charge >= 0.3 is 0 Å². The van der Waals surface area contributed by atoms with Crippen molar-refractivity contribution in [2.75, 3.05) is 13.2 Å². The van der Waals surface area contributed by atoms with Crippen LogP contribution in [0.4, 0.5) is 4.39 Å². The van der Waals surface area contributed by atoms with Gasteiger partial charge in [-0.15, -0.1) is 0 Å². The van der Waals surface area contributed by atoms with E-state index < -0.39 is 0 Å². The van der Waals surface area contributed by atoms with Crippen molar-refractivity contribution in [1.29, 1.82) is 0 Å². The highest BCUT2D eigenvalue weighted by molar-refractivity contribution is 5.76. The molecule has 26 heavy (non-hydrogen) atoms. The van der Waals surface area contributed by atoms with Gasteiger partial charge < -0.3 is 14.8 Å². The van der Waals surface area contributed by atoms with Crippen molar-refractivity contribution in [1.82, 2.24) is 5.32 Å². The molecule has 1 amide bonds. The van der Waals surface area contributed by atoms with E-state index in [2.05, 4.69) is 5.32 Å². The van der Waals surface area contributed by atoms with E-state index in [0.29, 0.717) is 26.0 Å². The summed E-state index contributed by atoms with van der Waals surface area (Å²) in [5.41, 5.74) is 1.83. The zero-order chi connectivity index (χ0) is 18.2. The summed E-state index contributed by atoms with van der Waals surface area (Å²) in [4.78, 5) is 11.9. The summed E-state index contributed by atoms with van der Waals surface area (Å²) < 4.78 is 24.4. The molecular formula is C21H24FNO3. The molecule has 1 N–H and O–H groups in total. The minimum Gasteiger partial charge on any atom is -0.491 e. The number of halogens is 1. The molecule has 0 spiro atoms. The molecule has 1 heterocycles. The van der Waals surface area contributed by atoms with E-state index >= 15 is 0 Å². The number of aryl methyl sites for hydroxylation is 1. The standard InChI is InChI=1S/C21H24FNO3/c22-18-4-1-3-16(13-18)8-11-21(24)23-14-17-6-9-19(10-7-17)26-15-20-5-2-12-25-20/h1,3-4,6-7,9-10,13,20H,2,5,8,11-12,14-15H2,(H,23,24)/t20-/m1/s1. The van der Waals surface area contributed by atoms with Crippen LogP contribution < -0.4 is 10.1 Å². The average Bonchev–Trinajstić information content (AvgIpc) is 3.17. The lowest BCUT2D eigenvalue weighted by Crippen LogP contribution is -2.23. The molecule has 0 radical (unpaired) electrons. The summed E-state index contributed by atoms with van der Waals surface area (Å²) in [5.74, 6) is 0.486. The number of hydrogen-bond acceptors (Lipinski definition) is 3. The minimum absolute atomic E-state index is 0.0482. The first-order valence-electron chi connectivity index (χ1n) is 9.03. The van der Waals surface area contributed by atoms with Gasteiger partial charge in [0.2, 0.25) is 5.91 Å². The predicted molar refractivity (Wildman–Crippen MR) is 97.5 cm³/mol. The second-order valence-corrected chi connectivity index (χ2v) is 6.50. The summed E-state index contributed by atoms with van der Waals surface area (Å²) in [5, 5.41) is 2.89. The van der Waals surface area contributed by atoms with Crippen molar-refractivity contribution >= 4 is 5.91 Å². The molecule has 0 saturated carbocycles.